The second-order valence-corrected chi connectivity index (χ2v) is 11.0. The number of nitrogens with zero attached hydrogens (tertiary/aromatic N) is 3. The van der Waals surface area contributed by atoms with E-state index in [4.69, 9.17) is 31.2 Å². The molecule has 1 aliphatic rings. The summed E-state index contributed by atoms with van der Waals surface area (Å²) in [5.41, 5.74) is 2.33. The predicted octanol–water partition coefficient (Wildman–Crippen LogP) is 7.00. The molecule has 3 aromatic rings. The van der Waals surface area contributed by atoms with Gasteiger partial charge in [-0.1, -0.05) is 42.7 Å². The first-order valence-corrected chi connectivity index (χ1v) is 13.7. The molecule has 0 saturated carbocycles. The van der Waals surface area contributed by atoms with Gasteiger partial charge < -0.3 is 29.3 Å². The van der Waals surface area contributed by atoms with Crippen molar-refractivity contribution < 1.29 is 37.0 Å². The summed E-state index contributed by atoms with van der Waals surface area (Å²) in [7, 11) is 2.92. The number of carbonyl (C=O) groups excluding carboxylic acids is 1. The maximum Gasteiger partial charge on any atom is 0.573 e. The minimum absolute atomic E-state index is 0.191. The molecule has 9 nitrogen and oxygen atoms in total. The highest BCUT2D eigenvalue weighted by Gasteiger charge is 2.42. The van der Waals surface area contributed by atoms with Crippen molar-refractivity contribution >= 4 is 34.6 Å². The Morgan fingerprint density at radius 3 is 2.52 bits per heavy atom. The number of anilines is 2. The topological polar surface area (TPSA) is 105 Å². The van der Waals surface area contributed by atoms with Crippen molar-refractivity contribution in [2.45, 2.75) is 38.6 Å². The lowest BCUT2D eigenvalue weighted by Gasteiger charge is -2.28. The summed E-state index contributed by atoms with van der Waals surface area (Å²) in [5, 5.41) is 16.4. The number of hydrogen-bond acceptors (Lipinski definition) is 8. The van der Waals surface area contributed by atoms with Crippen molar-refractivity contribution in [1.29, 1.82) is 5.26 Å². The normalized spacial score (nSPS) is 14.7. The van der Waals surface area contributed by atoms with Crippen LogP contribution < -0.4 is 24.4 Å². The Morgan fingerprint density at radius 2 is 1.86 bits per heavy atom. The van der Waals surface area contributed by atoms with Crippen molar-refractivity contribution in [3.63, 3.8) is 0 Å². The third kappa shape index (κ3) is 7.29. The van der Waals surface area contributed by atoms with Crippen LogP contribution in [-0.2, 0) is 15.0 Å². The Hall–Kier alpha value is -4.63. The van der Waals surface area contributed by atoms with E-state index in [1.54, 1.807) is 49.4 Å². The number of oxime groups is 1. The van der Waals surface area contributed by atoms with Crippen LogP contribution in [0.25, 0.3) is 0 Å². The summed E-state index contributed by atoms with van der Waals surface area (Å²) < 4.78 is 54.4. The zero-order chi connectivity index (χ0) is 32.2. The molecule has 232 valence electrons. The van der Waals surface area contributed by atoms with Gasteiger partial charge in [0, 0.05) is 45.9 Å². The number of nitriles is 1. The Kier molecular flexibility index (Phi) is 9.49. The van der Waals surface area contributed by atoms with E-state index >= 15 is 0 Å². The summed E-state index contributed by atoms with van der Waals surface area (Å²) in [6.07, 6.45) is -4.90. The van der Waals surface area contributed by atoms with Crippen LogP contribution in [0.3, 0.4) is 0 Å². The minimum Gasteiger partial charge on any atom is -0.497 e. The molecule has 1 amide bonds. The van der Waals surface area contributed by atoms with Crippen LogP contribution in [0, 0.1) is 11.3 Å². The van der Waals surface area contributed by atoms with Crippen molar-refractivity contribution in [2.75, 3.05) is 37.6 Å². The summed E-state index contributed by atoms with van der Waals surface area (Å²) >= 11 is 6.23. The van der Waals surface area contributed by atoms with E-state index in [0.717, 1.165) is 0 Å². The number of carbonyl (C=O) groups is 1. The molecule has 0 aromatic heterocycles. The number of rotatable bonds is 10. The lowest BCUT2D eigenvalue weighted by Crippen LogP contribution is -2.39. The average Bonchev–Trinajstić information content (AvgIpc) is 3.24. The van der Waals surface area contributed by atoms with Gasteiger partial charge in [-0.25, -0.2) is 0 Å². The van der Waals surface area contributed by atoms with Crippen molar-refractivity contribution in [3.8, 4) is 23.3 Å². The lowest BCUT2D eigenvalue weighted by molar-refractivity contribution is -0.274. The molecule has 0 radical (unpaired) electrons. The van der Waals surface area contributed by atoms with Gasteiger partial charge in [-0.05, 0) is 42.8 Å². The fourth-order valence-electron chi connectivity index (χ4n) is 5.00. The monoisotopic (exact) mass is 630 g/mol. The van der Waals surface area contributed by atoms with Gasteiger partial charge in [-0.3, -0.25) is 4.79 Å². The van der Waals surface area contributed by atoms with Gasteiger partial charge in [-0.2, -0.15) is 5.26 Å². The zero-order valence-corrected chi connectivity index (χ0v) is 25.3. The smallest absolute Gasteiger partial charge is 0.497 e. The van der Waals surface area contributed by atoms with E-state index < -0.39 is 29.5 Å². The highest BCUT2D eigenvalue weighted by atomic mass is 35.5. The van der Waals surface area contributed by atoms with E-state index in [0.29, 0.717) is 50.3 Å². The fourth-order valence-corrected chi connectivity index (χ4v) is 5.17. The molecule has 0 saturated heterocycles. The van der Waals surface area contributed by atoms with E-state index in [-0.39, 0.29) is 13.2 Å². The summed E-state index contributed by atoms with van der Waals surface area (Å²) in [5.74, 6) is -0.141. The summed E-state index contributed by atoms with van der Waals surface area (Å²) in [6, 6.07) is 14.7. The van der Waals surface area contributed by atoms with Crippen LogP contribution in [0.2, 0.25) is 5.02 Å². The Morgan fingerprint density at radius 1 is 1.11 bits per heavy atom. The Balaban J connectivity index is 1.82. The molecular formula is C31H30ClF3N4O5. The predicted molar refractivity (Wildman–Crippen MR) is 160 cm³/mol. The second kappa shape index (κ2) is 12.9. The molecule has 1 N–H and O–H groups in total. The van der Waals surface area contributed by atoms with Gasteiger partial charge in [-0.15, -0.1) is 13.2 Å². The number of alkyl halides is 3. The first-order valence-electron chi connectivity index (χ1n) is 13.3. The van der Waals surface area contributed by atoms with Crippen LogP contribution in [0.5, 0.6) is 17.2 Å². The molecule has 0 aliphatic carbocycles. The number of halogens is 4. The number of methoxy groups -OCH3 is 2. The van der Waals surface area contributed by atoms with Crippen LogP contribution in [0.4, 0.5) is 24.5 Å². The molecule has 13 heteroatoms. The molecule has 3 aromatic carbocycles. The van der Waals surface area contributed by atoms with Crippen LogP contribution in [-0.4, -0.2) is 45.4 Å². The summed E-state index contributed by atoms with van der Waals surface area (Å²) in [4.78, 5) is 20.9. The fraction of sp³-hybridized carbons (Fsp3) is 0.323. The third-order valence-corrected chi connectivity index (χ3v) is 7.23. The van der Waals surface area contributed by atoms with Crippen LogP contribution in [0.15, 0.2) is 59.8 Å². The van der Waals surface area contributed by atoms with E-state index in [9.17, 15) is 18.0 Å². The average molecular weight is 631 g/mol. The first-order chi connectivity index (χ1) is 20.8. The highest BCUT2D eigenvalue weighted by Crippen LogP contribution is 2.45. The number of benzene rings is 3. The summed E-state index contributed by atoms with van der Waals surface area (Å²) in [6.45, 7) is 5.45. The van der Waals surface area contributed by atoms with Gasteiger partial charge >= 0.3 is 6.36 Å². The molecule has 1 unspecified atom stereocenters. The molecule has 4 rings (SSSR count). The van der Waals surface area contributed by atoms with Crippen molar-refractivity contribution in [2.24, 2.45) is 5.16 Å². The van der Waals surface area contributed by atoms with Crippen molar-refractivity contribution in [3.05, 3.63) is 76.3 Å². The Labute approximate surface area is 257 Å². The molecule has 44 heavy (non-hydrogen) atoms. The van der Waals surface area contributed by atoms with Gasteiger partial charge in [0.25, 0.3) is 5.91 Å². The molecule has 1 aliphatic heterocycles. The zero-order valence-electron chi connectivity index (χ0n) is 24.6. The lowest BCUT2D eigenvalue weighted by atomic mass is 9.87. The van der Waals surface area contributed by atoms with E-state index in [1.165, 1.54) is 31.3 Å². The highest BCUT2D eigenvalue weighted by molar-refractivity contribution is 6.30. The molecular weight excluding hydrogens is 601 g/mol. The Bertz CT molecular complexity index is 1620. The molecule has 0 spiro atoms. The standard InChI is InChI=1S/C31H30ClF3N4O5/c1-18(38-43-11-10-36)19-12-21(15-23(13-19)41-4)37-28(24-8-6-20(32)14-27(24)42-5)29(40)39-17-30(2,3)25-9-7-22(16-26(25)39)44-31(33,34)35/h6-9,12-16,28,37H,11,17H2,1-5H3/b38-18+. The van der Waals surface area contributed by atoms with Gasteiger partial charge in [0.05, 0.1) is 25.6 Å². The quantitative estimate of drug-likeness (QED) is 0.146. The largest absolute Gasteiger partial charge is 0.573 e. The number of fused-ring (bicyclic) bond motifs is 1. The minimum atomic E-state index is -4.90. The molecule has 1 heterocycles. The SMILES string of the molecule is COc1cc(NC(C(=O)N2CC(C)(C)c3ccc(OC(F)(F)F)cc32)c2ccc(Cl)cc2OC)cc(/C(C)=N/OCC#N)c1. The van der Waals surface area contributed by atoms with Crippen LogP contribution >= 0.6 is 11.6 Å². The van der Waals surface area contributed by atoms with E-state index in [1.807, 2.05) is 19.9 Å². The second-order valence-electron chi connectivity index (χ2n) is 10.6. The maximum atomic E-state index is 14.5. The van der Waals surface area contributed by atoms with Crippen LogP contribution in [0.1, 0.15) is 43.5 Å². The molecule has 1 atom stereocenters. The van der Waals surface area contributed by atoms with E-state index in [2.05, 4.69) is 15.2 Å². The van der Waals surface area contributed by atoms with Gasteiger partial charge in [0.2, 0.25) is 6.61 Å². The molecule has 0 fully saturated rings. The molecule has 0 bridgehead atoms. The number of amides is 1. The van der Waals surface area contributed by atoms with Gasteiger partial charge in [0.15, 0.2) is 0 Å². The number of nitrogens with one attached hydrogen (secondary N) is 1. The third-order valence-electron chi connectivity index (χ3n) is 7.00. The van der Waals surface area contributed by atoms with Gasteiger partial charge in [0.1, 0.15) is 29.4 Å². The number of ether oxygens (including phenoxy) is 3. The van der Waals surface area contributed by atoms with Crippen molar-refractivity contribution in [1.82, 2.24) is 0 Å². The maximum absolute atomic E-state index is 14.5. The number of hydrogen-bond donors (Lipinski definition) is 1. The first kappa shape index (κ1) is 32.3.